The van der Waals surface area contributed by atoms with Gasteiger partial charge in [0.2, 0.25) is 0 Å². The Morgan fingerprint density at radius 2 is 2.00 bits per heavy atom. The van der Waals surface area contributed by atoms with Gasteiger partial charge in [0.1, 0.15) is 0 Å². The maximum absolute atomic E-state index is 12.5. The summed E-state index contributed by atoms with van der Waals surface area (Å²) in [6, 6.07) is 3.57. The molecule has 0 spiro atoms. The summed E-state index contributed by atoms with van der Waals surface area (Å²) in [5.74, 6) is 0. The van der Waals surface area contributed by atoms with Crippen LogP contribution in [0.2, 0.25) is 0 Å². The first-order valence-electron chi connectivity index (χ1n) is 5.93. The van der Waals surface area contributed by atoms with Crippen molar-refractivity contribution in [2.45, 2.75) is 38.6 Å². The molecule has 2 N–H and O–H groups in total. The molecule has 2 rings (SSSR count). The maximum Gasteiger partial charge on any atom is 0.416 e. The van der Waals surface area contributed by atoms with Crippen molar-refractivity contribution in [2.24, 2.45) is 5.41 Å². The smallest absolute Gasteiger partial charge is 0.392 e. The number of halogens is 4. The number of rotatable bonds is 2. The molecule has 19 heavy (non-hydrogen) atoms. The fourth-order valence-corrected chi connectivity index (χ4v) is 2.64. The lowest BCUT2D eigenvalue weighted by molar-refractivity contribution is -0.137. The first kappa shape index (κ1) is 14.7. The van der Waals surface area contributed by atoms with Gasteiger partial charge in [0.15, 0.2) is 0 Å². The Bertz CT molecular complexity index is 487. The van der Waals surface area contributed by atoms with Crippen LogP contribution in [-0.4, -0.2) is 17.3 Å². The van der Waals surface area contributed by atoms with E-state index in [9.17, 15) is 18.3 Å². The minimum atomic E-state index is -4.34. The third-order valence-corrected chi connectivity index (χ3v) is 4.50. The molecule has 106 valence electrons. The average Bonchev–Trinajstić information content (AvgIpc) is 2.29. The number of benzene rings is 1. The molecule has 0 aromatic heterocycles. The Labute approximate surface area is 118 Å². The number of anilines is 1. The lowest BCUT2D eigenvalue weighted by Crippen LogP contribution is -2.56. The Morgan fingerprint density at radius 1 is 1.37 bits per heavy atom. The van der Waals surface area contributed by atoms with E-state index >= 15 is 0 Å². The molecular formula is C13H15BrF3NO. The molecule has 1 saturated carbocycles. The largest absolute Gasteiger partial charge is 0.416 e. The van der Waals surface area contributed by atoms with Crippen molar-refractivity contribution in [1.29, 1.82) is 0 Å². The van der Waals surface area contributed by atoms with Gasteiger partial charge in [-0.1, -0.05) is 13.8 Å². The first-order valence-corrected chi connectivity index (χ1v) is 6.73. The third kappa shape index (κ3) is 2.74. The predicted molar refractivity (Wildman–Crippen MR) is 71.0 cm³/mol. The van der Waals surface area contributed by atoms with Crippen LogP contribution in [0.15, 0.2) is 22.7 Å². The molecule has 0 amide bonds. The van der Waals surface area contributed by atoms with Crippen molar-refractivity contribution in [2.75, 3.05) is 5.32 Å². The van der Waals surface area contributed by atoms with Gasteiger partial charge in [0, 0.05) is 21.6 Å². The van der Waals surface area contributed by atoms with Crippen molar-refractivity contribution >= 4 is 21.6 Å². The van der Waals surface area contributed by atoms with Gasteiger partial charge in [0.05, 0.1) is 11.7 Å². The summed E-state index contributed by atoms with van der Waals surface area (Å²) < 4.78 is 38.0. The summed E-state index contributed by atoms with van der Waals surface area (Å²) in [5.41, 5.74) is -0.349. The Kier molecular flexibility index (Phi) is 3.60. The van der Waals surface area contributed by atoms with E-state index in [1.54, 1.807) is 0 Å². The van der Waals surface area contributed by atoms with Crippen LogP contribution in [0.25, 0.3) is 0 Å². The number of aliphatic hydroxyl groups is 1. The van der Waals surface area contributed by atoms with Crippen LogP contribution in [0.5, 0.6) is 0 Å². The average molecular weight is 338 g/mol. The molecule has 2 atom stereocenters. The van der Waals surface area contributed by atoms with Gasteiger partial charge in [0.25, 0.3) is 0 Å². The Balaban J connectivity index is 2.15. The zero-order chi connectivity index (χ0) is 14.4. The lowest BCUT2D eigenvalue weighted by Gasteiger charge is -2.50. The monoisotopic (exact) mass is 337 g/mol. The van der Waals surface area contributed by atoms with Crippen LogP contribution in [0.3, 0.4) is 0 Å². The van der Waals surface area contributed by atoms with E-state index in [0.29, 0.717) is 16.6 Å². The number of alkyl halides is 3. The minimum Gasteiger partial charge on any atom is -0.392 e. The highest BCUT2D eigenvalue weighted by molar-refractivity contribution is 9.10. The molecule has 1 aromatic rings. The molecule has 2 nitrogen and oxygen atoms in total. The second-order valence-corrected chi connectivity index (χ2v) is 6.32. The summed E-state index contributed by atoms with van der Waals surface area (Å²) in [6.07, 6.45) is -4.12. The van der Waals surface area contributed by atoms with Crippen LogP contribution in [0.4, 0.5) is 18.9 Å². The van der Waals surface area contributed by atoms with Crippen molar-refractivity contribution in [3.8, 4) is 0 Å². The Morgan fingerprint density at radius 3 is 2.42 bits per heavy atom. The molecule has 2 unspecified atom stereocenters. The third-order valence-electron chi connectivity index (χ3n) is 3.84. The SMILES string of the molecule is CC1(C)C(O)CC1Nc1ccc(C(F)(F)F)cc1Br. The van der Waals surface area contributed by atoms with Crippen LogP contribution < -0.4 is 5.32 Å². The van der Waals surface area contributed by atoms with E-state index < -0.39 is 11.7 Å². The molecule has 0 heterocycles. The topological polar surface area (TPSA) is 32.3 Å². The second-order valence-electron chi connectivity index (χ2n) is 5.46. The molecule has 1 fully saturated rings. The van der Waals surface area contributed by atoms with Gasteiger partial charge in [-0.2, -0.15) is 13.2 Å². The molecule has 0 aliphatic heterocycles. The molecular weight excluding hydrogens is 323 g/mol. The fourth-order valence-electron chi connectivity index (χ4n) is 2.14. The number of hydrogen-bond acceptors (Lipinski definition) is 2. The van der Waals surface area contributed by atoms with Gasteiger partial charge in [-0.15, -0.1) is 0 Å². The van der Waals surface area contributed by atoms with Crippen LogP contribution in [-0.2, 0) is 6.18 Å². The van der Waals surface area contributed by atoms with Crippen molar-refractivity contribution < 1.29 is 18.3 Å². The summed E-state index contributed by atoms with van der Waals surface area (Å²) in [4.78, 5) is 0. The van der Waals surface area contributed by atoms with E-state index in [2.05, 4.69) is 21.2 Å². The molecule has 0 saturated heterocycles. The van der Waals surface area contributed by atoms with E-state index in [0.717, 1.165) is 12.1 Å². The van der Waals surface area contributed by atoms with E-state index in [1.807, 2.05) is 13.8 Å². The summed E-state index contributed by atoms with van der Waals surface area (Å²) in [7, 11) is 0. The van der Waals surface area contributed by atoms with Gasteiger partial charge in [-0.3, -0.25) is 0 Å². The number of hydrogen-bond donors (Lipinski definition) is 2. The van der Waals surface area contributed by atoms with Gasteiger partial charge in [-0.05, 0) is 40.5 Å². The van der Waals surface area contributed by atoms with Gasteiger partial charge in [-0.25, -0.2) is 0 Å². The fraction of sp³-hybridized carbons (Fsp3) is 0.538. The highest BCUT2D eigenvalue weighted by atomic mass is 79.9. The van der Waals surface area contributed by atoms with Crippen LogP contribution in [0, 0.1) is 5.41 Å². The quantitative estimate of drug-likeness (QED) is 0.853. The minimum absolute atomic E-state index is 0.0514. The molecule has 0 bridgehead atoms. The summed E-state index contributed by atoms with van der Waals surface area (Å²) in [5, 5.41) is 12.8. The summed E-state index contributed by atoms with van der Waals surface area (Å²) in [6.45, 7) is 3.85. The van der Waals surface area contributed by atoms with Crippen molar-refractivity contribution in [3.63, 3.8) is 0 Å². The number of aliphatic hydroxyl groups excluding tert-OH is 1. The normalized spacial score (nSPS) is 25.8. The Hall–Kier alpha value is -0.750. The highest BCUT2D eigenvalue weighted by Gasteiger charge is 2.47. The standard InChI is InChI=1S/C13H15BrF3NO/c1-12(2)10(6-11(12)19)18-9-4-3-7(5-8(9)14)13(15,16)17/h3-5,10-11,18-19H,6H2,1-2H3. The number of nitrogens with one attached hydrogen (secondary N) is 1. The van der Waals surface area contributed by atoms with Crippen LogP contribution in [0.1, 0.15) is 25.8 Å². The van der Waals surface area contributed by atoms with E-state index in [1.165, 1.54) is 6.07 Å². The maximum atomic E-state index is 12.5. The van der Waals surface area contributed by atoms with E-state index in [4.69, 9.17) is 0 Å². The molecule has 1 aliphatic carbocycles. The van der Waals surface area contributed by atoms with Gasteiger partial charge < -0.3 is 10.4 Å². The van der Waals surface area contributed by atoms with Crippen LogP contribution >= 0.6 is 15.9 Å². The highest BCUT2D eigenvalue weighted by Crippen LogP contribution is 2.43. The molecule has 1 aromatic carbocycles. The van der Waals surface area contributed by atoms with Gasteiger partial charge >= 0.3 is 6.18 Å². The second kappa shape index (κ2) is 4.66. The van der Waals surface area contributed by atoms with Crippen molar-refractivity contribution in [1.82, 2.24) is 0 Å². The first-order chi connectivity index (χ1) is 8.62. The molecule has 0 radical (unpaired) electrons. The zero-order valence-electron chi connectivity index (χ0n) is 10.6. The predicted octanol–water partition coefficient (Wildman–Crippen LogP) is 4.04. The zero-order valence-corrected chi connectivity index (χ0v) is 12.1. The molecule has 1 aliphatic rings. The molecule has 6 heteroatoms. The van der Waals surface area contributed by atoms with E-state index in [-0.39, 0.29) is 17.6 Å². The summed E-state index contributed by atoms with van der Waals surface area (Å²) >= 11 is 3.15. The van der Waals surface area contributed by atoms with Crippen molar-refractivity contribution in [3.05, 3.63) is 28.2 Å². The lowest BCUT2D eigenvalue weighted by atomic mass is 9.64.